The summed E-state index contributed by atoms with van der Waals surface area (Å²) in [7, 11) is 1.83. The number of carbonyl (C=O) groups excluding carboxylic acids is 1. The highest BCUT2D eigenvalue weighted by Crippen LogP contribution is 2.41. The minimum atomic E-state index is -0.114. The van der Waals surface area contributed by atoms with Crippen LogP contribution in [-0.4, -0.2) is 57.2 Å². The highest BCUT2D eigenvalue weighted by molar-refractivity contribution is 5.90. The molecule has 1 spiro atoms. The van der Waals surface area contributed by atoms with Crippen LogP contribution in [0.1, 0.15) is 29.0 Å². The number of amides is 1. The van der Waals surface area contributed by atoms with Crippen molar-refractivity contribution in [3.8, 4) is 0 Å². The Morgan fingerprint density at radius 2 is 2.31 bits per heavy atom. The topological polar surface area (TPSA) is 72.3 Å². The van der Waals surface area contributed by atoms with Crippen LogP contribution in [0.3, 0.4) is 0 Å². The van der Waals surface area contributed by atoms with Crippen LogP contribution in [0.4, 0.5) is 0 Å². The molecular formula is C19H25N5O2. The van der Waals surface area contributed by atoms with E-state index in [2.05, 4.69) is 26.3 Å². The van der Waals surface area contributed by atoms with Crippen molar-refractivity contribution in [1.82, 2.24) is 24.8 Å². The fourth-order valence-corrected chi connectivity index (χ4v) is 4.14. The van der Waals surface area contributed by atoms with Crippen LogP contribution in [0.2, 0.25) is 0 Å². The first-order chi connectivity index (χ1) is 12.7. The van der Waals surface area contributed by atoms with Crippen LogP contribution in [0, 0.1) is 5.92 Å². The second-order valence-electron chi connectivity index (χ2n) is 7.31. The Labute approximate surface area is 153 Å². The SMILES string of the molecule is Cn1ccnc1C(=O)NCC[C@@H]1CCOC12CN(Cc1cccnc1)C2. The summed E-state index contributed by atoms with van der Waals surface area (Å²) in [5, 5.41) is 2.99. The predicted octanol–water partition coefficient (Wildman–Crippen LogP) is 1.23. The summed E-state index contributed by atoms with van der Waals surface area (Å²) in [6.07, 6.45) is 9.15. The van der Waals surface area contributed by atoms with Gasteiger partial charge in [0.1, 0.15) is 0 Å². The van der Waals surface area contributed by atoms with Gasteiger partial charge in [-0.3, -0.25) is 14.7 Å². The minimum absolute atomic E-state index is 0.0316. The van der Waals surface area contributed by atoms with Gasteiger partial charge in [-0.25, -0.2) is 4.98 Å². The van der Waals surface area contributed by atoms with Gasteiger partial charge in [0.2, 0.25) is 0 Å². The van der Waals surface area contributed by atoms with Gasteiger partial charge in [-0.1, -0.05) is 6.07 Å². The number of carbonyl (C=O) groups is 1. The standard InChI is InChI=1S/C19H25N5O2/c1-23-9-8-21-17(23)18(25)22-7-4-16-5-10-26-19(16)13-24(14-19)12-15-3-2-6-20-11-15/h2-3,6,8-9,11,16H,4-5,7,10,12-14H2,1H3,(H,22,25)/t16-/m1/s1. The molecule has 1 amide bonds. The molecule has 7 heteroatoms. The zero-order chi connectivity index (χ0) is 18.0. The summed E-state index contributed by atoms with van der Waals surface area (Å²) in [5.74, 6) is 0.834. The largest absolute Gasteiger partial charge is 0.372 e. The molecule has 0 unspecified atom stereocenters. The van der Waals surface area contributed by atoms with Crippen molar-refractivity contribution < 1.29 is 9.53 Å². The van der Waals surface area contributed by atoms with E-state index in [-0.39, 0.29) is 11.5 Å². The number of aromatic nitrogens is 3. The molecule has 0 aromatic carbocycles. The fourth-order valence-electron chi connectivity index (χ4n) is 4.14. The Hall–Kier alpha value is -2.25. The Bertz CT molecular complexity index is 754. The van der Waals surface area contributed by atoms with Gasteiger partial charge in [-0.15, -0.1) is 0 Å². The minimum Gasteiger partial charge on any atom is -0.372 e. The van der Waals surface area contributed by atoms with Gasteiger partial charge in [0.15, 0.2) is 5.82 Å². The Kier molecular flexibility index (Phi) is 4.74. The third-order valence-corrected chi connectivity index (χ3v) is 5.51. The number of aryl methyl sites for hydroxylation is 1. The summed E-state index contributed by atoms with van der Waals surface area (Å²) < 4.78 is 7.85. The van der Waals surface area contributed by atoms with Gasteiger partial charge in [0.25, 0.3) is 5.91 Å². The maximum atomic E-state index is 12.2. The number of rotatable bonds is 6. The molecule has 0 bridgehead atoms. The molecular weight excluding hydrogens is 330 g/mol. The van der Waals surface area contributed by atoms with E-state index in [0.29, 0.717) is 18.3 Å². The highest BCUT2D eigenvalue weighted by atomic mass is 16.5. The number of imidazole rings is 1. The van der Waals surface area contributed by atoms with Crippen LogP contribution < -0.4 is 5.32 Å². The first-order valence-corrected chi connectivity index (χ1v) is 9.17. The van der Waals surface area contributed by atoms with E-state index in [9.17, 15) is 4.79 Å². The van der Waals surface area contributed by atoms with Gasteiger partial charge in [-0.2, -0.15) is 0 Å². The predicted molar refractivity (Wildman–Crippen MR) is 96.5 cm³/mol. The first-order valence-electron chi connectivity index (χ1n) is 9.17. The van der Waals surface area contributed by atoms with Crippen LogP contribution in [0.5, 0.6) is 0 Å². The lowest BCUT2D eigenvalue weighted by atomic mass is 9.79. The third kappa shape index (κ3) is 3.37. The second kappa shape index (κ2) is 7.17. The molecule has 2 aromatic rings. The molecule has 1 atom stereocenters. The van der Waals surface area contributed by atoms with Crippen LogP contribution in [-0.2, 0) is 18.3 Å². The van der Waals surface area contributed by atoms with Crippen LogP contribution >= 0.6 is 0 Å². The lowest BCUT2D eigenvalue weighted by molar-refractivity contribution is -0.136. The number of ether oxygens (including phenoxy) is 1. The van der Waals surface area contributed by atoms with Gasteiger partial charge in [0.05, 0.1) is 5.60 Å². The van der Waals surface area contributed by atoms with E-state index in [1.54, 1.807) is 23.2 Å². The van der Waals surface area contributed by atoms with Gasteiger partial charge < -0.3 is 14.6 Å². The molecule has 0 saturated carbocycles. The lowest BCUT2D eigenvalue weighted by Crippen LogP contribution is -2.64. The summed E-state index contributed by atoms with van der Waals surface area (Å²) in [4.78, 5) is 22.8. The van der Waals surface area contributed by atoms with Gasteiger partial charge in [0, 0.05) is 64.6 Å². The van der Waals surface area contributed by atoms with E-state index in [1.165, 1.54) is 5.56 Å². The highest BCUT2D eigenvalue weighted by Gasteiger charge is 2.52. The number of pyridine rings is 1. The quantitative estimate of drug-likeness (QED) is 0.844. The molecule has 2 aliphatic heterocycles. The number of hydrogen-bond donors (Lipinski definition) is 1. The molecule has 2 saturated heterocycles. The first kappa shape index (κ1) is 17.2. The Morgan fingerprint density at radius 3 is 3.04 bits per heavy atom. The van der Waals surface area contributed by atoms with Crippen molar-refractivity contribution in [2.45, 2.75) is 25.0 Å². The molecule has 1 N–H and O–H groups in total. The zero-order valence-corrected chi connectivity index (χ0v) is 15.1. The van der Waals surface area contributed by atoms with Gasteiger partial charge >= 0.3 is 0 Å². The van der Waals surface area contributed by atoms with Gasteiger partial charge in [-0.05, 0) is 30.4 Å². The molecule has 2 aliphatic rings. The molecule has 26 heavy (non-hydrogen) atoms. The van der Waals surface area contributed by atoms with E-state index in [1.807, 2.05) is 19.3 Å². The summed E-state index contributed by atoms with van der Waals surface area (Å²) in [5.41, 5.74) is 1.20. The molecule has 4 rings (SSSR count). The van der Waals surface area contributed by atoms with Crippen molar-refractivity contribution in [3.05, 3.63) is 48.3 Å². The van der Waals surface area contributed by atoms with E-state index in [0.717, 1.165) is 39.1 Å². The molecule has 0 radical (unpaired) electrons. The summed E-state index contributed by atoms with van der Waals surface area (Å²) in [6, 6.07) is 4.09. The number of likely N-dealkylation sites (tertiary alicyclic amines) is 1. The Morgan fingerprint density at radius 1 is 1.42 bits per heavy atom. The van der Waals surface area contributed by atoms with E-state index >= 15 is 0 Å². The van der Waals surface area contributed by atoms with Crippen molar-refractivity contribution >= 4 is 5.91 Å². The van der Waals surface area contributed by atoms with E-state index in [4.69, 9.17) is 4.74 Å². The van der Waals surface area contributed by atoms with Crippen molar-refractivity contribution in [2.24, 2.45) is 13.0 Å². The van der Waals surface area contributed by atoms with Crippen LogP contribution in [0.15, 0.2) is 36.9 Å². The van der Waals surface area contributed by atoms with Crippen molar-refractivity contribution in [2.75, 3.05) is 26.2 Å². The normalized spacial score (nSPS) is 21.7. The maximum absolute atomic E-state index is 12.2. The molecule has 0 aliphatic carbocycles. The molecule has 2 fully saturated rings. The number of nitrogens with one attached hydrogen (secondary N) is 1. The second-order valence-corrected chi connectivity index (χ2v) is 7.31. The van der Waals surface area contributed by atoms with Crippen LogP contribution in [0.25, 0.3) is 0 Å². The lowest BCUT2D eigenvalue weighted by Gasteiger charge is -2.50. The number of nitrogens with zero attached hydrogens (tertiary/aromatic N) is 4. The maximum Gasteiger partial charge on any atom is 0.287 e. The average Bonchev–Trinajstić information content (AvgIpc) is 3.22. The molecule has 7 nitrogen and oxygen atoms in total. The van der Waals surface area contributed by atoms with Crippen molar-refractivity contribution in [3.63, 3.8) is 0 Å². The Balaban J connectivity index is 1.26. The van der Waals surface area contributed by atoms with Crippen molar-refractivity contribution in [1.29, 1.82) is 0 Å². The summed E-state index contributed by atoms with van der Waals surface area (Å²) >= 11 is 0. The molecule has 4 heterocycles. The molecule has 138 valence electrons. The number of hydrogen-bond acceptors (Lipinski definition) is 5. The monoisotopic (exact) mass is 355 g/mol. The fraction of sp³-hybridized carbons (Fsp3) is 0.526. The zero-order valence-electron chi connectivity index (χ0n) is 15.1. The molecule has 2 aromatic heterocycles. The smallest absolute Gasteiger partial charge is 0.287 e. The average molecular weight is 355 g/mol. The van der Waals surface area contributed by atoms with E-state index < -0.39 is 0 Å². The third-order valence-electron chi connectivity index (χ3n) is 5.51. The summed E-state index contributed by atoms with van der Waals surface area (Å²) in [6.45, 7) is 4.31.